The summed E-state index contributed by atoms with van der Waals surface area (Å²) in [4.78, 5) is 0. The zero-order valence-corrected chi connectivity index (χ0v) is 9.78. The number of hydrogen-bond acceptors (Lipinski definition) is 1. The van der Waals surface area contributed by atoms with E-state index in [2.05, 4.69) is 12.2 Å². The summed E-state index contributed by atoms with van der Waals surface area (Å²) in [5, 5.41) is 3.53. The Morgan fingerprint density at radius 1 is 1.33 bits per heavy atom. The molecular formula is C12H17ClFN. The van der Waals surface area contributed by atoms with Gasteiger partial charge in [0, 0.05) is 0 Å². The van der Waals surface area contributed by atoms with Crippen LogP contribution in [0.15, 0.2) is 18.2 Å². The van der Waals surface area contributed by atoms with Crippen LogP contribution in [0.1, 0.15) is 25.3 Å². The van der Waals surface area contributed by atoms with E-state index in [9.17, 15) is 4.39 Å². The molecule has 0 atom stereocenters. The fourth-order valence-electron chi connectivity index (χ4n) is 1.48. The molecule has 1 aromatic rings. The van der Waals surface area contributed by atoms with E-state index >= 15 is 0 Å². The monoisotopic (exact) mass is 229 g/mol. The SMILES string of the molecule is CCNCCCCc1cccc(F)c1Cl. The fourth-order valence-corrected chi connectivity index (χ4v) is 1.70. The highest BCUT2D eigenvalue weighted by atomic mass is 35.5. The molecular weight excluding hydrogens is 213 g/mol. The highest BCUT2D eigenvalue weighted by molar-refractivity contribution is 6.31. The van der Waals surface area contributed by atoms with Crippen LogP contribution in [-0.2, 0) is 6.42 Å². The second-order valence-corrected chi connectivity index (χ2v) is 3.90. The molecule has 0 spiro atoms. The van der Waals surface area contributed by atoms with Crippen molar-refractivity contribution in [2.45, 2.75) is 26.2 Å². The first kappa shape index (κ1) is 12.5. The van der Waals surface area contributed by atoms with Crippen molar-refractivity contribution in [3.05, 3.63) is 34.6 Å². The molecule has 0 radical (unpaired) electrons. The van der Waals surface area contributed by atoms with Crippen LogP contribution in [0.4, 0.5) is 4.39 Å². The molecule has 0 fully saturated rings. The van der Waals surface area contributed by atoms with Crippen LogP contribution < -0.4 is 5.32 Å². The van der Waals surface area contributed by atoms with E-state index in [-0.39, 0.29) is 10.8 Å². The minimum atomic E-state index is -0.319. The van der Waals surface area contributed by atoms with Crippen LogP contribution in [0, 0.1) is 5.82 Å². The smallest absolute Gasteiger partial charge is 0.142 e. The van der Waals surface area contributed by atoms with Crippen molar-refractivity contribution in [2.24, 2.45) is 0 Å². The van der Waals surface area contributed by atoms with Gasteiger partial charge in [-0.15, -0.1) is 0 Å². The summed E-state index contributed by atoms with van der Waals surface area (Å²) in [6, 6.07) is 4.99. The van der Waals surface area contributed by atoms with Crippen molar-refractivity contribution in [3.8, 4) is 0 Å². The highest BCUT2D eigenvalue weighted by Gasteiger charge is 2.04. The van der Waals surface area contributed by atoms with Gasteiger partial charge >= 0.3 is 0 Å². The van der Waals surface area contributed by atoms with Crippen molar-refractivity contribution in [2.75, 3.05) is 13.1 Å². The van der Waals surface area contributed by atoms with Gasteiger partial charge in [0.15, 0.2) is 0 Å². The minimum Gasteiger partial charge on any atom is -0.317 e. The molecule has 0 aromatic heterocycles. The lowest BCUT2D eigenvalue weighted by molar-refractivity contribution is 0.619. The molecule has 0 aliphatic rings. The first-order chi connectivity index (χ1) is 7.25. The molecule has 0 aliphatic carbocycles. The molecule has 0 saturated carbocycles. The van der Waals surface area contributed by atoms with Crippen molar-refractivity contribution in [1.82, 2.24) is 5.32 Å². The van der Waals surface area contributed by atoms with E-state index in [0.29, 0.717) is 0 Å². The number of halogens is 2. The van der Waals surface area contributed by atoms with E-state index < -0.39 is 0 Å². The molecule has 1 aromatic carbocycles. The molecule has 0 heterocycles. The molecule has 1 rings (SSSR count). The van der Waals surface area contributed by atoms with E-state index in [1.807, 2.05) is 6.07 Å². The molecule has 84 valence electrons. The van der Waals surface area contributed by atoms with Crippen molar-refractivity contribution >= 4 is 11.6 Å². The average Bonchev–Trinajstić information content (AvgIpc) is 2.24. The zero-order chi connectivity index (χ0) is 11.1. The van der Waals surface area contributed by atoms with Gasteiger partial charge in [-0.1, -0.05) is 30.7 Å². The van der Waals surface area contributed by atoms with E-state index in [0.717, 1.165) is 37.9 Å². The molecule has 0 unspecified atom stereocenters. The van der Waals surface area contributed by atoms with Gasteiger partial charge in [-0.05, 0) is 44.0 Å². The highest BCUT2D eigenvalue weighted by Crippen LogP contribution is 2.21. The Morgan fingerprint density at radius 2 is 2.13 bits per heavy atom. The van der Waals surface area contributed by atoms with Gasteiger partial charge in [0.25, 0.3) is 0 Å². The van der Waals surface area contributed by atoms with Gasteiger partial charge < -0.3 is 5.32 Å². The molecule has 0 amide bonds. The van der Waals surface area contributed by atoms with Crippen LogP contribution in [0.5, 0.6) is 0 Å². The van der Waals surface area contributed by atoms with Crippen molar-refractivity contribution < 1.29 is 4.39 Å². The summed E-state index contributed by atoms with van der Waals surface area (Å²) >= 11 is 5.84. The van der Waals surface area contributed by atoms with Gasteiger partial charge in [-0.3, -0.25) is 0 Å². The van der Waals surface area contributed by atoms with Crippen LogP contribution >= 0.6 is 11.6 Å². The molecule has 0 bridgehead atoms. The van der Waals surface area contributed by atoms with Crippen LogP contribution in [0.25, 0.3) is 0 Å². The lowest BCUT2D eigenvalue weighted by Crippen LogP contribution is -2.13. The molecule has 15 heavy (non-hydrogen) atoms. The lowest BCUT2D eigenvalue weighted by atomic mass is 10.1. The summed E-state index contributed by atoms with van der Waals surface area (Å²) in [5.41, 5.74) is 0.910. The number of hydrogen-bond donors (Lipinski definition) is 1. The normalized spacial score (nSPS) is 10.6. The van der Waals surface area contributed by atoms with Crippen LogP contribution in [-0.4, -0.2) is 13.1 Å². The zero-order valence-electron chi connectivity index (χ0n) is 9.02. The average molecular weight is 230 g/mol. The lowest BCUT2D eigenvalue weighted by Gasteiger charge is -2.05. The second kappa shape index (κ2) is 6.81. The van der Waals surface area contributed by atoms with Gasteiger partial charge in [0.1, 0.15) is 5.82 Å². The van der Waals surface area contributed by atoms with Crippen LogP contribution in [0.3, 0.4) is 0 Å². The van der Waals surface area contributed by atoms with Crippen molar-refractivity contribution in [3.63, 3.8) is 0 Å². The molecule has 0 saturated heterocycles. The van der Waals surface area contributed by atoms with Crippen LogP contribution in [0.2, 0.25) is 5.02 Å². The predicted molar refractivity (Wildman–Crippen MR) is 62.9 cm³/mol. The minimum absolute atomic E-state index is 0.279. The summed E-state index contributed by atoms with van der Waals surface area (Å²) in [6.45, 7) is 4.10. The van der Waals surface area contributed by atoms with Gasteiger partial charge in [0.05, 0.1) is 5.02 Å². The molecule has 3 heteroatoms. The maximum Gasteiger partial charge on any atom is 0.142 e. The predicted octanol–water partition coefficient (Wildman–Crippen LogP) is 3.41. The fraction of sp³-hybridized carbons (Fsp3) is 0.500. The largest absolute Gasteiger partial charge is 0.317 e. The van der Waals surface area contributed by atoms with Gasteiger partial charge in [-0.2, -0.15) is 0 Å². The third-order valence-corrected chi connectivity index (χ3v) is 2.75. The quantitative estimate of drug-likeness (QED) is 0.738. The topological polar surface area (TPSA) is 12.0 Å². The van der Waals surface area contributed by atoms with E-state index in [1.54, 1.807) is 6.07 Å². The Kier molecular flexibility index (Phi) is 5.66. The third kappa shape index (κ3) is 4.18. The first-order valence-corrected chi connectivity index (χ1v) is 5.77. The summed E-state index contributed by atoms with van der Waals surface area (Å²) in [5.74, 6) is -0.319. The maximum atomic E-state index is 13.1. The molecule has 1 N–H and O–H groups in total. The Bertz CT molecular complexity index is 302. The Labute approximate surface area is 95.6 Å². The first-order valence-electron chi connectivity index (χ1n) is 5.39. The Morgan fingerprint density at radius 3 is 2.87 bits per heavy atom. The van der Waals surface area contributed by atoms with Crippen molar-refractivity contribution in [1.29, 1.82) is 0 Å². The van der Waals surface area contributed by atoms with Gasteiger partial charge in [-0.25, -0.2) is 4.39 Å². The van der Waals surface area contributed by atoms with Gasteiger partial charge in [0.2, 0.25) is 0 Å². The Balaban J connectivity index is 2.34. The number of nitrogens with one attached hydrogen (secondary N) is 1. The summed E-state index contributed by atoms with van der Waals surface area (Å²) < 4.78 is 13.1. The third-order valence-electron chi connectivity index (χ3n) is 2.33. The standard InChI is InChI=1S/C12H17ClFN/c1-2-15-9-4-3-6-10-7-5-8-11(14)12(10)13/h5,7-8,15H,2-4,6,9H2,1H3. The molecule has 0 aliphatic heterocycles. The molecule has 1 nitrogen and oxygen atoms in total. The number of rotatable bonds is 6. The second-order valence-electron chi connectivity index (χ2n) is 3.52. The van der Waals surface area contributed by atoms with E-state index in [4.69, 9.17) is 11.6 Å². The number of benzene rings is 1. The summed E-state index contributed by atoms with van der Waals surface area (Å²) in [6.07, 6.45) is 2.98. The Hall–Kier alpha value is -0.600. The number of aryl methyl sites for hydroxylation is 1. The maximum absolute atomic E-state index is 13.1. The van der Waals surface area contributed by atoms with E-state index in [1.165, 1.54) is 6.07 Å². The number of unbranched alkanes of at least 4 members (excludes halogenated alkanes) is 1. The summed E-state index contributed by atoms with van der Waals surface area (Å²) in [7, 11) is 0.